The highest BCUT2D eigenvalue weighted by Crippen LogP contribution is 2.38. The molecule has 0 aliphatic heterocycles. The Kier molecular flexibility index (Phi) is 6.54. The molecule has 0 aliphatic rings. The average Bonchev–Trinajstić information content (AvgIpc) is 2.36. The minimum absolute atomic E-state index is 0.212. The third-order valence-corrected chi connectivity index (χ3v) is 9.56. The number of benzene rings is 1. The van der Waals surface area contributed by atoms with Gasteiger partial charge in [-0.1, -0.05) is 56.1 Å². The van der Waals surface area contributed by atoms with Gasteiger partial charge in [-0.25, -0.2) is 0 Å². The van der Waals surface area contributed by atoms with E-state index in [0.717, 1.165) is 12.0 Å². The molecule has 1 nitrogen and oxygen atoms in total. The zero-order valence-corrected chi connectivity index (χ0v) is 16.2. The molecule has 118 valence electrons. The Balaban J connectivity index is 2.88. The summed E-state index contributed by atoms with van der Waals surface area (Å²) < 4.78 is 6.35. The van der Waals surface area contributed by atoms with Crippen LogP contribution < -0.4 is 0 Å². The molecule has 21 heavy (non-hydrogen) atoms. The van der Waals surface area contributed by atoms with Gasteiger partial charge in [-0.05, 0) is 42.2 Å². The molecule has 0 bridgehead atoms. The third-order valence-electron chi connectivity index (χ3n) is 4.32. The van der Waals surface area contributed by atoms with Gasteiger partial charge in [-0.3, -0.25) is 0 Å². The first-order valence-corrected chi connectivity index (χ1v) is 10.9. The van der Waals surface area contributed by atoms with Gasteiger partial charge < -0.3 is 4.43 Å². The lowest BCUT2D eigenvalue weighted by molar-refractivity contribution is 0.263. The molecular weight excluding hydrogens is 319 g/mol. The molecule has 0 fully saturated rings. The first-order chi connectivity index (χ1) is 9.58. The lowest BCUT2D eigenvalue weighted by atomic mass is 9.97. The molecule has 1 aromatic rings. The van der Waals surface area contributed by atoms with E-state index in [0.29, 0.717) is 16.7 Å². The fourth-order valence-electron chi connectivity index (χ4n) is 1.79. The zero-order chi connectivity index (χ0) is 16.3. The minimum Gasteiger partial charge on any atom is -0.416 e. The minimum atomic E-state index is -1.75. The van der Waals surface area contributed by atoms with Gasteiger partial charge in [0.2, 0.25) is 0 Å². The van der Waals surface area contributed by atoms with Gasteiger partial charge in [0.1, 0.15) is 0 Å². The summed E-state index contributed by atoms with van der Waals surface area (Å²) in [5.41, 5.74) is 1.16. The van der Waals surface area contributed by atoms with Crippen LogP contribution >= 0.6 is 23.2 Å². The molecule has 0 saturated heterocycles. The van der Waals surface area contributed by atoms with E-state index in [1.165, 1.54) is 0 Å². The lowest BCUT2D eigenvalue weighted by Gasteiger charge is -2.37. The summed E-state index contributed by atoms with van der Waals surface area (Å²) in [6.45, 7) is 15.8. The van der Waals surface area contributed by atoms with Crippen molar-refractivity contribution < 1.29 is 4.43 Å². The van der Waals surface area contributed by atoms with Gasteiger partial charge in [-0.2, -0.15) is 0 Å². The van der Waals surface area contributed by atoms with E-state index >= 15 is 0 Å². The molecule has 0 aliphatic carbocycles. The second-order valence-electron chi connectivity index (χ2n) is 6.97. The van der Waals surface area contributed by atoms with Crippen molar-refractivity contribution in [2.75, 3.05) is 6.61 Å². The third kappa shape index (κ3) is 5.13. The van der Waals surface area contributed by atoms with Crippen molar-refractivity contribution in [2.24, 2.45) is 0 Å². The Morgan fingerprint density at radius 3 is 2.33 bits per heavy atom. The SMILES string of the molecule is C=CCC(CO[Si](C)(C)C(C)(C)C)c1ccc(Cl)c(Cl)c1. The normalized spacial score (nSPS) is 14.0. The number of allylic oxidation sites excluding steroid dienone is 1. The molecular formula is C17H26Cl2OSi. The van der Waals surface area contributed by atoms with Gasteiger partial charge in [0.05, 0.1) is 10.0 Å². The summed E-state index contributed by atoms with van der Waals surface area (Å²) >= 11 is 12.1. The van der Waals surface area contributed by atoms with E-state index in [1.54, 1.807) is 0 Å². The molecule has 0 aromatic heterocycles. The van der Waals surface area contributed by atoms with Crippen LogP contribution in [-0.2, 0) is 4.43 Å². The molecule has 0 spiro atoms. The van der Waals surface area contributed by atoms with E-state index in [4.69, 9.17) is 27.6 Å². The average molecular weight is 345 g/mol. The number of halogens is 2. The molecule has 1 rings (SSSR count). The van der Waals surface area contributed by atoms with Crippen LogP contribution in [0.1, 0.15) is 38.7 Å². The molecule has 1 unspecified atom stereocenters. The fraction of sp³-hybridized carbons (Fsp3) is 0.529. The van der Waals surface area contributed by atoms with Crippen molar-refractivity contribution >= 4 is 31.5 Å². The van der Waals surface area contributed by atoms with Crippen LogP contribution in [0.3, 0.4) is 0 Å². The van der Waals surface area contributed by atoms with Gasteiger partial charge in [-0.15, -0.1) is 6.58 Å². The topological polar surface area (TPSA) is 9.23 Å². The highest BCUT2D eigenvalue weighted by Gasteiger charge is 2.37. The summed E-state index contributed by atoms with van der Waals surface area (Å²) in [6, 6.07) is 5.81. The fourth-order valence-corrected chi connectivity index (χ4v) is 3.15. The van der Waals surface area contributed by atoms with Crippen LogP contribution in [-0.4, -0.2) is 14.9 Å². The molecule has 0 amide bonds. The van der Waals surface area contributed by atoms with Crippen LogP contribution in [0.2, 0.25) is 28.2 Å². The number of hydrogen-bond acceptors (Lipinski definition) is 1. The van der Waals surface area contributed by atoms with Crippen molar-refractivity contribution in [3.05, 3.63) is 46.5 Å². The van der Waals surface area contributed by atoms with E-state index in [2.05, 4.69) is 40.4 Å². The summed E-state index contributed by atoms with van der Waals surface area (Å²) in [6.07, 6.45) is 2.80. The molecule has 1 atom stereocenters. The van der Waals surface area contributed by atoms with E-state index in [-0.39, 0.29) is 11.0 Å². The van der Waals surface area contributed by atoms with Crippen molar-refractivity contribution in [3.63, 3.8) is 0 Å². The van der Waals surface area contributed by atoms with Gasteiger partial charge >= 0.3 is 0 Å². The standard InChI is InChI=1S/C17H26Cl2OSi/c1-7-8-14(12-20-21(5,6)17(2,3)4)13-9-10-15(18)16(19)11-13/h7,9-11,14H,1,8,12H2,2-6H3. The second kappa shape index (κ2) is 7.32. The Hall–Kier alpha value is -0.283. The lowest BCUT2D eigenvalue weighted by Crippen LogP contribution is -2.41. The van der Waals surface area contributed by atoms with Gasteiger partial charge in [0.25, 0.3) is 0 Å². The molecule has 4 heteroatoms. The smallest absolute Gasteiger partial charge is 0.192 e. The summed E-state index contributed by atoms with van der Waals surface area (Å²) in [7, 11) is -1.75. The van der Waals surface area contributed by atoms with Crippen LogP contribution in [0.15, 0.2) is 30.9 Å². The Morgan fingerprint density at radius 1 is 1.24 bits per heavy atom. The van der Waals surface area contributed by atoms with Crippen molar-refractivity contribution in [3.8, 4) is 0 Å². The van der Waals surface area contributed by atoms with Crippen molar-refractivity contribution in [1.29, 1.82) is 0 Å². The van der Waals surface area contributed by atoms with Crippen molar-refractivity contribution in [2.45, 2.75) is 51.2 Å². The Labute approximate surface area is 140 Å². The Morgan fingerprint density at radius 2 is 1.86 bits per heavy atom. The molecule has 1 aromatic carbocycles. The van der Waals surface area contributed by atoms with Gasteiger partial charge in [0.15, 0.2) is 8.32 Å². The highest BCUT2D eigenvalue weighted by molar-refractivity contribution is 6.74. The maximum atomic E-state index is 6.35. The Bertz CT molecular complexity index is 492. The monoisotopic (exact) mass is 344 g/mol. The number of hydrogen-bond donors (Lipinski definition) is 0. The zero-order valence-electron chi connectivity index (χ0n) is 13.7. The highest BCUT2D eigenvalue weighted by atomic mass is 35.5. The largest absolute Gasteiger partial charge is 0.416 e. The van der Waals surface area contributed by atoms with Gasteiger partial charge in [0, 0.05) is 12.5 Å². The van der Waals surface area contributed by atoms with Crippen LogP contribution in [0.25, 0.3) is 0 Å². The first-order valence-electron chi connectivity index (χ1n) is 7.28. The van der Waals surface area contributed by atoms with Crippen LogP contribution in [0.5, 0.6) is 0 Å². The summed E-state index contributed by atoms with van der Waals surface area (Å²) in [5.74, 6) is 0.270. The predicted octanol–water partition coefficient (Wildman–Crippen LogP) is 6.67. The second-order valence-corrected chi connectivity index (χ2v) is 12.6. The molecule has 0 N–H and O–H groups in total. The summed E-state index contributed by atoms with van der Waals surface area (Å²) in [4.78, 5) is 0. The summed E-state index contributed by atoms with van der Waals surface area (Å²) in [5, 5.41) is 1.39. The first kappa shape index (κ1) is 18.8. The van der Waals surface area contributed by atoms with E-state index in [9.17, 15) is 0 Å². The maximum absolute atomic E-state index is 6.35. The molecule has 0 radical (unpaired) electrons. The molecule has 0 heterocycles. The van der Waals surface area contributed by atoms with Crippen LogP contribution in [0, 0.1) is 0 Å². The maximum Gasteiger partial charge on any atom is 0.192 e. The van der Waals surface area contributed by atoms with E-state index in [1.807, 2.05) is 24.3 Å². The van der Waals surface area contributed by atoms with Crippen molar-refractivity contribution in [1.82, 2.24) is 0 Å². The quantitative estimate of drug-likeness (QED) is 0.413. The van der Waals surface area contributed by atoms with E-state index < -0.39 is 8.32 Å². The predicted molar refractivity (Wildman–Crippen MR) is 97.2 cm³/mol. The number of rotatable bonds is 6. The molecule has 0 saturated carbocycles. The van der Waals surface area contributed by atoms with Crippen LogP contribution in [0.4, 0.5) is 0 Å².